The lowest BCUT2D eigenvalue weighted by atomic mass is 9.82. The van der Waals surface area contributed by atoms with Crippen LogP contribution in [0, 0.1) is 11.8 Å². The average Bonchev–Trinajstić information content (AvgIpc) is 3.12. The van der Waals surface area contributed by atoms with Crippen LogP contribution in [0.3, 0.4) is 0 Å². The van der Waals surface area contributed by atoms with Crippen molar-refractivity contribution in [3.8, 4) is 0 Å². The fourth-order valence-electron chi connectivity index (χ4n) is 8.12. The van der Waals surface area contributed by atoms with Crippen LogP contribution in [0.5, 0.6) is 0 Å². The highest BCUT2D eigenvalue weighted by Gasteiger charge is 2.53. The Bertz CT molecular complexity index is 1450. The smallest absolute Gasteiger partial charge is 0.309 e. The van der Waals surface area contributed by atoms with Crippen LogP contribution in [-0.2, 0) is 66.6 Å². The summed E-state index contributed by atoms with van der Waals surface area (Å²) in [6.07, 6.45) is -4.10. The van der Waals surface area contributed by atoms with E-state index in [1.54, 1.807) is 64.9 Å². The Labute approximate surface area is 347 Å². The van der Waals surface area contributed by atoms with Crippen molar-refractivity contribution in [1.29, 1.82) is 0 Å². The van der Waals surface area contributed by atoms with Crippen molar-refractivity contribution in [1.82, 2.24) is 4.90 Å². The Morgan fingerprint density at radius 3 is 2.22 bits per heavy atom. The van der Waals surface area contributed by atoms with Crippen LogP contribution in [-0.4, -0.2) is 152 Å². The van der Waals surface area contributed by atoms with Crippen LogP contribution < -0.4 is 0 Å². The summed E-state index contributed by atoms with van der Waals surface area (Å²) in [5, 5.41) is 23.4. The van der Waals surface area contributed by atoms with E-state index < -0.39 is 127 Å². The summed E-state index contributed by atoms with van der Waals surface area (Å²) in [5.74, 6) is -3.49. The number of hydrogen-bond donors (Lipinski definition) is 2. The van der Waals surface area contributed by atoms with E-state index in [2.05, 4.69) is 0 Å². The first-order valence-corrected chi connectivity index (χ1v) is 20.4. The lowest BCUT2D eigenvalue weighted by molar-refractivity contribution is -0.344. The van der Waals surface area contributed by atoms with E-state index in [-0.39, 0.29) is 25.7 Å². The third-order valence-electron chi connectivity index (χ3n) is 10.9. The molecular formula is C42H67NO16. The fourth-order valence-corrected chi connectivity index (χ4v) is 8.12. The van der Waals surface area contributed by atoms with E-state index in [0.717, 1.165) is 0 Å². The first-order valence-electron chi connectivity index (χ1n) is 20.4. The summed E-state index contributed by atoms with van der Waals surface area (Å²) >= 11 is 0. The van der Waals surface area contributed by atoms with Crippen LogP contribution in [0.25, 0.3) is 0 Å². The van der Waals surface area contributed by atoms with Gasteiger partial charge in [-0.25, -0.2) is 0 Å². The van der Waals surface area contributed by atoms with Crippen molar-refractivity contribution < 1.29 is 76.8 Å². The molecule has 0 aromatic rings. The molecule has 17 nitrogen and oxygen atoms in total. The highest BCUT2D eigenvalue weighted by atomic mass is 16.7. The highest BCUT2D eigenvalue weighted by molar-refractivity contribution is 5.72. The zero-order valence-corrected chi connectivity index (χ0v) is 36.3. The van der Waals surface area contributed by atoms with E-state index >= 15 is 0 Å². The van der Waals surface area contributed by atoms with Crippen molar-refractivity contribution in [3.63, 3.8) is 0 Å². The maximum Gasteiger partial charge on any atom is 0.309 e. The molecule has 0 aromatic heterocycles. The van der Waals surface area contributed by atoms with Gasteiger partial charge in [-0.05, 0) is 66.1 Å². The van der Waals surface area contributed by atoms with Crippen LogP contribution in [0.1, 0.15) is 93.9 Å². The number of nitrogens with zero attached hydrogens (tertiary/aromatic N) is 1. The molecule has 2 saturated heterocycles. The largest absolute Gasteiger partial charge is 0.462 e. The molecule has 0 aromatic carbocycles. The van der Waals surface area contributed by atoms with E-state index in [1.165, 1.54) is 27.9 Å². The molecule has 3 aliphatic heterocycles. The molecule has 0 bridgehead atoms. The van der Waals surface area contributed by atoms with Gasteiger partial charge in [-0.3, -0.25) is 19.2 Å². The number of rotatable bonds is 12. The topological polar surface area (TPSA) is 212 Å². The van der Waals surface area contributed by atoms with E-state index in [9.17, 15) is 34.2 Å². The molecule has 0 unspecified atom stereocenters. The number of carbonyl (C=O) groups excluding carboxylic acids is 5. The molecule has 0 saturated carbocycles. The predicted molar refractivity (Wildman–Crippen MR) is 210 cm³/mol. The van der Waals surface area contributed by atoms with Gasteiger partial charge in [0.05, 0.1) is 30.8 Å². The number of carbonyl (C=O) groups is 5. The standard InChI is InChI=1S/C42H67NO16/c1-12-32(47)57-30-17-15-13-14-16-24(3)52-33(48)21-31(55-27(6)45)39(51-11)38(29(18-19-44)20-23(30)2)59-41-36(49)35(43(9)10)37(25(4)54-41)58-34-22-42(8,50)40(26(5)53-34)56-28(7)46/h13-15,17,19,23-26,29-31,34-41,49-50H,12,16,18,20-22H2,1-11H3/b14-13+,17-15+/t23-,24-,25-,26+,29+,30+,31-,34+,35-,36-,37-,38+,39+,40+,41+,42-/m1/s1. The van der Waals surface area contributed by atoms with Gasteiger partial charge in [0.15, 0.2) is 18.7 Å². The molecule has 17 heteroatoms. The first kappa shape index (κ1) is 50.1. The van der Waals surface area contributed by atoms with Gasteiger partial charge in [0, 0.05) is 46.6 Å². The van der Waals surface area contributed by atoms with Crippen molar-refractivity contribution >= 4 is 30.2 Å². The summed E-state index contributed by atoms with van der Waals surface area (Å²) in [5.41, 5.74) is -1.50. The number of allylic oxidation sites excluding steroid dienone is 2. The Balaban J connectivity index is 2.07. The van der Waals surface area contributed by atoms with Crippen LogP contribution >= 0.6 is 0 Å². The molecule has 0 aliphatic carbocycles. The van der Waals surface area contributed by atoms with Crippen molar-refractivity contribution in [3.05, 3.63) is 24.3 Å². The van der Waals surface area contributed by atoms with Gasteiger partial charge in [0.2, 0.25) is 0 Å². The highest BCUT2D eigenvalue weighted by Crippen LogP contribution is 2.38. The van der Waals surface area contributed by atoms with E-state index in [1.807, 2.05) is 13.0 Å². The van der Waals surface area contributed by atoms with Gasteiger partial charge in [0.1, 0.15) is 48.5 Å². The third-order valence-corrected chi connectivity index (χ3v) is 10.9. The lowest BCUT2D eigenvalue weighted by Crippen LogP contribution is -2.66. The minimum atomic E-state index is -1.50. The average molecular weight is 842 g/mol. The zero-order valence-electron chi connectivity index (χ0n) is 36.3. The summed E-state index contributed by atoms with van der Waals surface area (Å²) in [6.45, 7) is 12.6. The number of likely N-dealkylation sites (N-methyl/N-ethyl adjacent to an activating group) is 1. The number of aldehydes is 1. The monoisotopic (exact) mass is 841 g/mol. The molecule has 0 radical (unpaired) electrons. The third kappa shape index (κ3) is 14.4. The summed E-state index contributed by atoms with van der Waals surface area (Å²) < 4.78 is 54.1. The SMILES string of the molecule is CCC(=O)O[C@H]1/C=C/C=C/C[C@@H](C)OC(=O)C[C@@H](OC(C)=O)[C@H](OC)[C@@H](O[C@@H]2O[C@H](C)[C@@H](O[C@H]3C[C@@](C)(O)[C@@H](OC(C)=O)[C@H](C)O3)[C@H](N(C)C)[C@H]2O)[C@@H](CC=O)C[C@H]1C. The molecule has 336 valence electrons. The number of cyclic esters (lactones) is 1. The van der Waals surface area contributed by atoms with Gasteiger partial charge in [-0.2, -0.15) is 0 Å². The summed E-state index contributed by atoms with van der Waals surface area (Å²) in [7, 11) is 4.83. The van der Waals surface area contributed by atoms with Crippen LogP contribution in [0.2, 0.25) is 0 Å². The lowest BCUT2D eigenvalue weighted by Gasteiger charge is -2.50. The predicted octanol–water partition coefficient (Wildman–Crippen LogP) is 2.95. The molecule has 0 spiro atoms. The molecule has 16 atom stereocenters. The minimum absolute atomic E-state index is 0.0589. The molecule has 3 aliphatic rings. The fraction of sp³-hybridized carbons (Fsp3) is 0.786. The van der Waals surface area contributed by atoms with Crippen molar-refractivity contribution in [2.24, 2.45) is 11.8 Å². The number of esters is 4. The maximum absolute atomic E-state index is 13.3. The van der Waals surface area contributed by atoms with Crippen LogP contribution in [0.4, 0.5) is 0 Å². The Hall–Kier alpha value is -3.29. The van der Waals surface area contributed by atoms with Gasteiger partial charge in [-0.15, -0.1) is 0 Å². The zero-order chi connectivity index (χ0) is 44.2. The van der Waals surface area contributed by atoms with Gasteiger partial charge in [-0.1, -0.05) is 32.1 Å². The maximum atomic E-state index is 13.3. The minimum Gasteiger partial charge on any atom is -0.462 e. The van der Waals surface area contributed by atoms with Crippen LogP contribution in [0.15, 0.2) is 24.3 Å². The van der Waals surface area contributed by atoms with E-state index in [4.69, 9.17) is 42.6 Å². The quantitative estimate of drug-likeness (QED) is 0.164. The Morgan fingerprint density at radius 1 is 0.966 bits per heavy atom. The molecular weight excluding hydrogens is 774 g/mol. The normalized spacial score (nSPS) is 40.0. The number of aliphatic hydroxyl groups excluding tert-OH is 1. The van der Waals surface area contributed by atoms with Gasteiger partial charge in [0.25, 0.3) is 0 Å². The summed E-state index contributed by atoms with van der Waals surface area (Å²) in [4.78, 5) is 64.4. The molecule has 2 N–H and O–H groups in total. The Kier molecular flexibility index (Phi) is 19.6. The van der Waals surface area contributed by atoms with E-state index in [0.29, 0.717) is 12.7 Å². The second-order valence-electron chi connectivity index (χ2n) is 16.3. The summed E-state index contributed by atoms with van der Waals surface area (Å²) in [6, 6.07) is -0.800. The second kappa shape index (κ2) is 23.1. The molecule has 3 heterocycles. The van der Waals surface area contributed by atoms with Crippen molar-refractivity contribution in [2.45, 2.75) is 179 Å². The van der Waals surface area contributed by atoms with Gasteiger partial charge >= 0.3 is 23.9 Å². The number of ether oxygens (including phenoxy) is 9. The number of hydrogen-bond acceptors (Lipinski definition) is 17. The van der Waals surface area contributed by atoms with Gasteiger partial charge < -0.3 is 62.5 Å². The molecule has 3 rings (SSSR count). The first-order chi connectivity index (χ1) is 27.7. The Morgan fingerprint density at radius 2 is 1.64 bits per heavy atom. The molecule has 2 fully saturated rings. The number of aliphatic hydroxyl groups is 2. The van der Waals surface area contributed by atoms with Crippen molar-refractivity contribution in [2.75, 3.05) is 21.2 Å². The molecule has 59 heavy (non-hydrogen) atoms. The second-order valence-corrected chi connectivity index (χ2v) is 16.3. The molecule has 0 amide bonds. The number of methoxy groups -OCH3 is 1.